The van der Waals surface area contributed by atoms with Gasteiger partial charge in [-0.1, -0.05) is 28.4 Å². The molecule has 0 spiro atoms. The molecule has 8 heteroatoms. The van der Waals surface area contributed by atoms with E-state index in [1.807, 2.05) is 0 Å². The van der Waals surface area contributed by atoms with E-state index in [1.165, 1.54) is 6.20 Å². The minimum absolute atomic E-state index is 0.127. The fourth-order valence-electron chi connectivity index (χ4n) is 1.84. The van der Waals surface area contributed by atoms with Crippen LogP contribution in [0.25, 0.3) is 11.5 Å². The fraction of sp³-hybridized carbons (Fsp3) is 0.364. The zero-order valence-corrected chi connectivity index (χ0v) is 11.9. The third kappa shape index (κ3) is 2.58. The molecule has 0 saturated carbocycles. The van der Waals surface area contributed by atoms with Gasteiger partial charge < -0.3 is 9.63 Å². The number of aromatic nitrogens is 3. The molecule has 19 heavy (non-hydrogen) atoms. The molecular formula is C11H9Cl2N3O2S. The predicted molar refractivity (Wildman–Crippen MR) is 73.6 cm³/mol. The highest BCUT2D eigenvalue weighted by Gasteiger charge is 2.32. The molecule has 0 aromatic carbocycles. The van der Waals surface area contributed by atoms with Gasteiger partial charge in [0.25, 0.3) is 0 Å². The third-order valence-electron chi connectivity index (χ3n) is 2.83. The highest BCUT2D eigenvalue weighted by Crippen LogP contribution is 2.33. The van der Waals surface area contributed by atoms with E-state index in [2.05, 4.69) is 15.1 Å². The van der Waals surface area contributed by atoms with Crippen LogP contribution >= 0.6 is 35.0 Å². The molecule has 1 N–H and O–H groups in total. The van der Waals surface area contributed by atoms with E-state index in [0.29, 0.717) is 33.2 Å². The number of nitrogens with zero attached hydrogens (tertiary/aromatic N) is 3. The minimum atomic E-state index is -0.452. The number of halogens is 2. The van der Waals surface area contributed by atoms with Gasteiger partial charge in [0.1, 0.15) is 5.69 Å². The van der Waals surface area contributed by atoms with E-state index in [9.17, 15) is 5.11 Å². The summed E-state index contributed by atoms with van der Waals surface area (Å²) in [5.74, 6) is 2.05. The number of hydrogen-bond donors (Lipinski definition) is 1. The average Bonchev–Trinajstić information content (AvgIpc) is 2.97. The fourth-order valence-corrected chi connectivity index (χ4v) is 3.53. The standard InChI is InChI=1S/C11H9Cl2N3O2S/c12-5-1-7(13)9(14-2-5)10-15-11(18-16-10)6-3-19-4-8(6)17/h1-2,6,8,17H,3-4H2. The largest absolute Gasteiger partial charge is 0.391 e. The van der Waals surface area contributed by atoms with Gasteiger partial charge in [-0.15, -0.1) is 0 Å². The summed E-state index contributed by atoms with van der Waals surface area (Å²) < 4.78 is 5.19. The zero-order valence-electron chi connectivity index (χ0n) is 9.58. The van der Waals surface area contributed by atoms with Gasteiger partial charge in [-0.05, 0) is 6.07 Å². The van der Waals surface area contributed by atoms with Crippen molar-refractivity contribution < 1.29 is 9.63 Å². The smallest absolute Gasteiger partial charge is 0.233 e. The Morgan fingerprint density at radius 3 is 2.89 bits per heavy atom. The molecule has 1 fully saturated rings. The van der Waals surface area contributed by atoms with Gasteiger partial charge in [0.2, 0.25) is 11.7 Å². The number of aliphatic hydroxyl groups is 1. The average molecular weight is 318 g/mol. The molecule has 0 aliphatic carbocycles. The molecule has 0 amide bonds. The van der Waals surface area contributed by atoms with Crippen molar-refractivity contribution in [1.82, 2.24) is 15.1 Å². The maximum absolute atomic E-state index is 9.81. The summed E-state index contributed by atoms with van der Waals surface area (Å²) in [7, 11) is 0. The van der Waals surface area contributed by atoms with Crippen LogP contribution in [0.2, 0.25) is 10.0 Å². The van der Waals surface area contributed by atoms with Crippen molar-refractivity contribution in [2.24, 2.45) is 0 Å². The lowest BCUT2D eigenvalue weighted by Crippen LogP contribution is -2.15. The predicted octanol–water partition coefficient (Wildman–Crippen LogP) is 2.63. The van der Waals surface area contributed by atoms with Crippen molar-refractivity contribution in [1.29, 1.82) is 0 Å². The molecule has 0 bridgehead atoms. The summed E-state index contributed by atoms with van der Waals surface area (Å²) in [6.45, 7) is 0. The van der Waals surface area contributed by atoms with Crippen LogP contribution in [-0.2, 0) is 0 Å². The van der Waals surface area contributed by atoms with Gasteiger partial charge in [-0.25, -0.2) is 4.98 Å². The highest BCUT2D eigenvalue weighted by atomic mass is 35.5. The molecule has 2 aromatic heterocycles. The van der Waals surface area contributed by atoms with Crippen molar-refractivity contribution in [3.8, 4) is 11.5 Å². The Labute approximate surface area is 123 Å². The van der Waals surface area contributed by atoms with Gasteiger partial charge >= 0.3 is 0 Å². The molecule has 100 valence electrons. The quantitative estimate of drug-likeness (QED) is 0.918. The third-order valence-corrected chi connectivity index (χ3v) is 4.50. The highest BCUT2D eigenvalue weighted by molar-refractivity contribution is 7.99. The molecule has 3 rings (SSSR count). The van der Waals surface area contributed by atoms with Crippen molar-refractivity contribution in [3.63, 3.8) is 0 Å². The molecule has 1 aliphatic heterocycles. The Hall–Kier alpha value is -0.820. The second-order valence-electron chi connectivity index (χ2n) is 4.15. The van der Waals surface area contributed by atoms with E-state index in [0.717, 1.165) is 5.75 Å². The lowest BCUT2D eigenvalue weighted by molar-refractivity contribution is 0.164. The first-order valence-corrected chi connectivity index (χ1v) is 7.47. The van der Waals surface area contributed by atoms with Crippen molar-refractivity contribution in [2.45, 2.75) is 12.0 Å². The minimum Gasteiger partial charge on any atom is -0.391 e. The molecular weight excluding hydrogens is 309 g/mol. The summed E-state index contributed by atoms with van der Waals surface area (Å²) in [6.07, 6.45) is 1.02. The van der Waals surface area contributed by atoms with Gasteiger partial charge in [-0.2, -0.15) is 16.7 Å². The van der Waals surface area contributed by atoms with Crippen molar-refractivity contribution in [3.05, 3.63) is 28.2 Å². The van der Waals surface area contributed by atoms with E-state index < -0.39 is 6.10 Å². The summed E-state index contributed by atoms with van der Waals surface area (Å²) in [4.78, 5) is 8.35. The molecule has 2 atom stereocenters. The van der Waals surface area contributed by atoms with Crippen LogP contribution in [0.4, 0.5) is 0 Å². The molecule has 5 nitrogen and oxygen atoms in total. The lowest BCUT2D eigenvalue weighted by Gasteiger charge is -2.06. The molecule has 3 heterocycles. The Morgan fingerprint density at radius 1 is 1.37 bits per heavy atom. The van der Waals surface area contributed by atoms with Crippen LogP contribution in [0.1, 0.15) is 11.8 Å². The van der Waals surface area contributed by atoms with E-state index in [1.54, 1.807) is 17.8 Å². The number of pyridine rings is 1. The maximum Gasteiger partial charge on any atom is 0.233 e. The molecule has 2 unspecified atom stereocenters. The lowest BCUT2D eigenvalue weighted by atomic mass is 10.1. The number of hydrogen-bond acceptors (Lipinski definition) is 6. The second-order valence-corrected chi connectivity index (χ2v) is 6.07. The monoisotopic (exact) mass is 317 g/mol. The Morgan fingerprint density at radius 2 is 2.21 bits per heavy atom. The first-order chi connectivity index (χ1) is 9.15. The van der Waals surface area contributed by atoms with Crippen LogP contribution in [-0.4, -0.2) is 37.8 Å². The molecule has 1 saturated heterocycles. The normalized spacial score (nSPS) is 22.9. The summed E-state index contributed by atoms with van der Waals surface area (Å²) in [5.41, 5.74) is 0.418. The zero-order chi connectivity index (χ0) is 13.4. The van der Waals surface area contributed by atoms with Crippen LogP contribution in [0.15, 0.2) is 16.8 Å². The van der Waals surface area contributed by atoms with Crippen LogP contribution < -0.4 is 0 Å². The first-order valence-electron chi connectivity index (χ1n) is 5.56. The summed E-state index contributed by atoms with van der Waals surface area (Å²) in [5, 5.41) is 14.5. The van der Waals surface area contributed by atoms with Gasteiger partial charge in [0.15, 0.2) is 0 Å². The Bertz CT molecular complexity index is 607. The van der Waals surface area contributed by atoms with Crippen LogP contribution in [0, 0.1) is 0 Å². The van der Waals surface area contributed by atoms with Crippen LogP contribution in [0.3, 0.4) is 0 Å². The van der Waals surface area contributed by atoms with Crippen molar-refractivity contribution >= 4 is 35.0 Å². The van der Waals surface area contributed by atoms with Crippen LogP contribution in [0.5, 0.6) is 0 Å². The van der Waals surface area contributed by atoms with Gasteiger partial charge in [-0.3, -0.25) is 0 Å². The number of thioether (sulfide) groups is 1. The first kappa shape index (κ1) is 13.2. The molecule has 2 aromatic rings. The number of aliphatic hydroxyl groups excluding tert-OH is 1. The Kier molecular flexibility index (Phi) is 3.66. The van der Waals surface area contributed by atoms with E-state index >= 15 is 0 Å². The molecule has 0 radical (unpaired) electrons. The van der Waals surface area contributed by atoms with Crippen molar-refractivity contribution in [2.75, 3.05) is 11.5 Å². The Balaban J connectivity index is 1.92. The van der Waals surface area contributed by atoms with E-state index in [-0.39, 0.29) is 5.92 Å². The molecule has 1 aliphatic rings. The van der Waals surface area contributed by atoms with E-state index in [4.69, 9.17) is 27.7 Å². The SMILES string of the molecule is OC1CSCC1c1nc(-c2ncc(Cl)cc2Cl)no1. The maximum atomic E-state index is 9.81. The summed E-state index contributed by atoms with van der Waals surface area (Å²) >= 11 is 13.5. The second kappa shape index (κ2) is 5.28. The topological polar surface area (TPSA) is 72.0 Å². The number of rotatable bonds is 2. The van der Waals surface area contributed by atoms with Gasteiger partial charge in [0, 0.05) is 17.7 Å². The van der Waals surface area contributed by atoms with Gasteiger partial charge in [0.05, 0.1) is 22.1 Å². The summed E-state index contributed by atoms with van der Waals surface area (Å²) in [6, 6.07) is 1.57.